The summed E-state index contributed by atoms with van der Waals surface area (Å²) in [5.41, 5.74) is -0.209. The molecule has 0 spiro atoms. The maximum Gasteiger partial charge on any atom is 0.353 e. The van der Waals surface area contributed by atoms with Crippen molar-refractivity contribution in [1.82, 2.24) is 19.5 Å². The van der Waals surface area contributed by atoms with Crippen LogP contribution >= 0.6 is 7.60 Å². The molecule has 1 amide bonds. The van der Waals surface area contributed by atoms with E-state index in [1.54, 1.807) is 38.3 Å². The molecule has 1 aliphatic heterocycles. The van der Waals surface area contributed by atoms with Crippen molar-refractivity contribution in [3.63, 3.8) is 0 Å². The van der Waals surface area contributed by atoms with E-state index in [1.165, 1.54) is 12.1 Å². The van der Waals surface area contributed by atoms with Crippen molar-refractivity contribution in [1.29, 1.82) is 0 Å². The van der Waals surface area contributed by atoms with Crippen molar-refractivity contribution in [2.45, 2.75) is 130 Å². The van der Waals surface area contributed by atoms with Gasteiger partial charge in [-0.05, 0) is 56.2 Å². The predicted octanol–water partition coefficient (Wildman–Crippen LogP) is 7.17. The molecule has 1 fully saturated rings. The van der Waals surface area contributed by atoms with Crippen LogP contribution in [0.2, 0.25) is 36.3 Å². The number of hydrogen-bond acceptors (Lipinski definition) is 10. The lowest BCUT2D eigenvalue weighted by molar-refractivity contribution is -0.118. The van der Waals surface area contributed by atoms with Crippen molar-refractivity contribution in [3.8, 4) is 0 Å². The van der Waals surface area contributed by atoms with Gasteiger partial charge in [0, 0.05) is 11.7 Å². The fourth-order valence-corrected chi connectivity index (χ4v) is 8.38. The Bertz CT molecular complexity index is 1530. The van der Waals surface area contributed by atoms with Gasteiger partial charge in [-0.25, -0.2) is 4.98 Å². The molecular weight excluding hydrogens is 658 g/mol. The van der Waals surface area contributed by atoms with E-state index in [2.05, 4.69) is 88.0 Å². The summed E-state index contributed by atoms with van der Waals surface area (Å²) < 4.78 is 47.3. The standard InChI is InChI=1S/C31H56N5O8PSi2/c1-15-40-45(39,41-16-2)18-17-21-23(43-46(11,12)30(5,6)7)24(44-47(13,14)31(8,9)10)28(42-21)36-19-32-22-25(36)33-29(35-27(22)38)34-26(37)20(3)4/h17-21,23-24,28H,15-16H2,1-14H3,(H2,33,34,35,37,38)/b18-17+/t21-,23-,24-,28-/m1/s1. The van der Waals surface area contributed by atoms with Gasteiger partial charge in [0.2, 0.25) is 11.9 Å². The molecule has 0 unspecified atom stereocenters. The predicted molar refractivity (Wildman–Crippen MR) is 190 cm³/mol. The summed E-state index contributed by atoms with van der Waals surface area (Å²) >= 11 is 0. The number of rotatable bonds is 13. The van der Waals surface area contributed by atoms with E-state index in [-0.39, 0.29) is 52.2 Å². The molecule has 0 aliphatic carbocycles. The number of hydrogen-bond donors (Lipinski definition) is 2. The third-order valence-electron chi connectivity index (χ3n) is 9.25. The quantitative estimate of drug-likeness (QED) is 0.161. The van der Waals surface area contributed by atoms with Gasteiger partial charge in [-0.3, -0.25) is 29.0 Å². The highest BCUT2D eigenvalue weighted by atomic mass is 31.2. The molecule has 47 heavy (non-hydrogen) atoms. The fourth-order valence-electron chi connectivity index (χ4n) is 4.44. The van der Waals surface area contributed by atoms with Crippen molar-refractivity contribution in [2.24, 2.45) is 5.92 Å². The molecule has 4 atom stereocenters. The summed E-state index contributed by atoms with van der Waals surface area (Å²) in [6.07, 6.45) is 0.277. The van der Waals surface area contributed by atoms with Crippen LogP contribution in [0.25, 0.3) is 11.2 Å². The molecular formula is C31H56N5O8PSi2. The molecule has 0 aromatic carbocycles. The van der Waals surface area contributed by atoms with Crippen molar-refractivity contribution in [2.75, 3.05) is 18.5 Å². The lowest BCUT2D eigenvalue weighted by Crippen LogP contribution is -2.53. The Labute approximate surface area is 281 Å². The van der Waals surface area contributed by atoms with Gasteiger partial charge in [-0.15, -0.1) is 0 Å². The Hall–Kier alpha value is -1.98. The maximum atomic E-state index is 13.5. The van der Waals surface area contributed by atoms with Crippen molar-refractivity contribution < 1.29 is 32.0 Å². The second kappa shape index (κ2) is 14.5. The highest BCUT2D eigenvalue weighted by Gasteiger charge is 2.54. The highest BCUT2D eigenvalue weighted by Crippen LogP contribution is 2.51. The van der Waals surface area contributed by atoms with E-state index >= 15 is 0 Å². The number of amides is 1. The molecule has 2 N–H and O–H groups in total. The number of aromatic nitrogens is 4. The fraction of sp³-hybridized carbons (Fsp3) is 0.742. The van der Waals surface area contributed by atoms with Gasteiger partial charge >= 0.3 is 7.60 Å². The lowest BCUT2D eigenvalue weighted by Gasteiger charge is -2.44. The summed E-state index contributed by atoms with van der Waals surface area (Å²) in [6, 6.07) is 0. The van der Waals surface area contributed by atoms with Crippen molar-refractivity contribution in [3.05, 3.63) is 28.6 Å². The van der Waals surface area contributed by atoms with Crippen LogP contribution in [0, 0.1) is 5.92 Å². The van der Waals surface area contributed by atoms with E-state index in [0.717, 1.165) is 0 Å². The molecule has 2 aromatic heterocycles. The van der Waals surface area contributed by atoms with Gasteiger partial charge in [0.25, 0.3) is 5.56 Å². The summed E-state index contributed by atoms with van der Waals surface area (Å²) in [4.78, 5) is 37.2. The normalized spacial score (nSPS) is 21.8. The Morgan fingerprint density at radius 2 is 1.57 bits per heavy atom. The monoisotopic (exact) mass is 713 g/mol. The average molecular weight is 714 g/mol. The number of nitrogens with zero attached hydrogens (tertiary/aromatic N) is 3. The van der Waals surface area contributed by atoms with Gasteiger partial charge in [-0.2, -0.15) is 4.98 Å². The third-order valence-corrected chi connectivity index (χ3v) is 20.0. The molecule has 1 saturated heterocycles. The van der Waals surface area contributed by atoms with Crippen LogP contribution < -0.4 is 10.9 Å². The molecule has 16 heteroatoms. The first-order chi connectivity index (χ1) is 21.5. The van der Waals surface area contributed by atoms with E-state index in [4.69, 9.17) is 22.6 Å². The summed E-state index contributed by atoms with van der Waals surface area (Å²) in [5, 5.41) is 2.37. The second-order valence-electron chi connectivity index (χ2n) is 15.3. The molecule has 3 rings (SSSR count). The first kappa shape index (κ1) is 39.5. The summed E-state index contributed by atoms with van der Waals surface area (Å²) in [7, 11) is -8.50. The second-order valence-corrected chi connectivity index (χ2v) is 26.7. The first-order valence-corrected chi connectivity index (χ1v) is 23.8. The van der Waals surface area contributed by atoms with Crippen LogP contribution in [0.3, 0.4) is 0 Å². The SMILES string of the molecule is CCOP(=O)(/C=C/[C@H]1O[C@@H](n2cnc3c(=O)[nH]c(NC(=O)C(C)C)nc32)[C@H](O[Si](C)(C)C(C)(C)C)[C@@H]1O[Si](C)(C)C(C)(C)C)OCC. The molecule has 0 saturated carbocycles. The molecule has 3 heterocycles. The number of carbonyl (C=O) groups excluding carboxylic acids is 1. The first-order valence-electron chi connectivity index (χ1n) is 16.3. The Balaban J connectivity index is 2.27. The van der Waals surface area contributed by atoms with E-state index < -0.39 is 54.3 Å². The van der Waals surface area contributed by atoms with Crippen LogP contribution in [0.5, 0.6) is 0 Å². The number of fused-ring (bicyclic) bond motifs is 1. The van der Waals surface area contributed by atoms with Crippen LogP contribution in [0.15, 0.2) is 23.0 Å². The number of nitrogens with one attached hydrogen (secondary N) is 2. The zero-order valence-corrected chi connectivity index (χ0v) is 33.5. The van der Waals surface area contributed by atoms with Gasteiger partial charge in [0.05, 0.1) is 19.5 Å². The van der Waals surface area contributed by atoms with E-state index in [1.807, 2.05) is 0 Å². The molecule has 2 aromatic rings. The number of carbonyl (C=O) groups is 1. The number of aromatic amines is 1. The minimum Gasteiger partial charge on any atom is -0.408 e. The van der Waals surface area contributed by atoms with Crippen LogP contribution in [0.1, 0.15) is 75.5 Å². The zero-order valence-electron chi connectivity index (χ0n) is 30.6. The molecule has 13 nitrogen and oxygen atoms in total. The molecule has 0 radical (unpaired) electrons. The zero-order chi connectivity index (χ0) is 35.8. The average Bonchev–Trinajstić information content (AvgIpc) is 3.47. The molecule has 0 bridgehead atoms. The topological polar surface area (TPSA) is 156 Å². The number of H-pyrrole nitrogens is 1. The largest absolute Gasteiger partial charge is 0.408 e. The lowest BCUT2D eigenvalue weighted by atomic mass is 10.1. The highest BCUT2D eigenvalue weighted by molar-refractivity contribution is 7.57. The minimum absolute atomic E-state index is 0.00250. The van der Waals surface area contributed by atoms with Crippen molar-refractivity contribution >= 4 is 47.2 Å². The Morgan fingerprint density at radius 1 is 1.04 bits per heavy atom. The Kier molecular flexibility index (Phi) is 12.2. The van der Waals surface area contributed by atoms with Gasteiger partial charge < -0.3 is 22.6 Å². The van der Waals surface area contributed by atoms with E-state index in [0.29, 0.717) is 0 Å². The Morgan fingerprint density at radius 3 is 2.06 bits per heavy atom. The van der Waals surface area contributed by atoms with Crippen LogP contribution in [-0.2, 0) is 32.0 Å². The molecule has 1 aliphatic rings. The number of anilines is 1. The van der Waals surface area contributed by atoms with E-state index in [9.17, 15) is 14.2 Å². The minimum atomic E-state index is -3.58. The van der Waals surface area contributed by atoms with Gasteiger partial charge in [-0.1, -0.05) is 55.4 Å². The number of ether oxygens (including phenoxy) is 1. The van der Waals surface area contributed by atoms with Gasteiger partial charge in [0.15, 0.2) is 34.0 Å². The number of imidazole rings is 1. The smallest absolute Gasteiger partial charge is 0.353 e. The van der Waals surface area contributed by atoms with Gasteiger partial charge in [0.1, 0.15) is 18.3 Å². The summed E-state index contributed by atoms with van der Waals surface area (Å²) in [5.74, 6) is 0.817. The van der Waals surface area contributed by atoms with Crippen LogP contribution in [0.4, 0.5) is 5.95 Å². The third kappa shape index (κ3) is 8.98. The maximum absolute atomic E-state index is 13.5. The van der Waals surface area contributed by atoms with Crippen LogP contribution in [-0.4, -0.2) is 73.6 Å². The molecule has 266 valence electrons. The summed E-state index contributed by atoms with van der Waals surface area (Å²) in [6.45, 7) is 29.0.